The summed E-state index contributed by atoms with van der Waals surface area (Å²) >= 11 is 7.38. The Balaban J connectivity index is 1.50. The van der Waals surface area contributed by atoms with Crippen LogP contribution < -0.4 is 5.32 Å². The van der Waals surface area contributed by atoms with E-state index in [4.69, 9.17) is 11.6 Å². The molecule has 1 fully saturated rings. The van der Waals surface area contributed by atoms with E-state index in [1.54, 1.807) is 17.5 Å². The summed E-state index contributed by atoms with van der Waals surface area (Å²) in [4.78, 5) is 47.7. The fraction of sp³-hybridized carbons (Fsp3) is 0.292. The van der Waals surface area contributed by atoms with Gasteiger partial charge in [0.25, 0.3) is 0 Å². The van der Waals surface area contributed by atoms with Crippen molar-refractivity contribution in [2.24, 2.45) is 5.92 Å². The molecule has 2 aromatic heterocycles. The van der Waals surface area contributed by atoms with Crippen molar-refractivity contribution in [1.29, 1.82) is 0 Å². The first kappa shape index (κ1) is 22.3. The number of nitrogens with one attached hydrogen (secondary N) is 1. The zero-order chi connectivity index (χ0) is 22.8. The van der Waals surface area contributed by atoms with E-state index in [1.165, 1.54) is 6.20 Å². The van der Waals surface area contributed by atoms with Gasteiger partial charge >= 0.3 is 0 Å². The number of nitrogens with zero attached hydrogens (tertiary/aromatic N) is 2. The van der Waals surface area contributed by atoms with E-state index in [0.717, 1.165) is 27.1 Å². The Morgan fingerprint density at radius 1 is 1.19 bits per heavy atom. The lowest BCUT2D eigenvalue weighted by Crippen LogP contribution is -2.27. The molecule has 2 atom stereocenters. The minimum atomic E-state index is -0.824. The van der Waals surface area contributed by atoms with Crippen molar-refractivity contribution < 1.29 is 14.4 Å². The molecule has 1 aliphatic rings. The molecule has 32 heavy (non-hydrogen) atoms. The molecule has 2 heterocycles. The lowest BCUT2D eigenvalue weighted by atomic mass is 9.85. The quantitative estimate of drug-likeness (QED) is 0.542. The zero-order valence-electron chi connectivity index (χ0n) is 17.7. The van der Waals surface area contributed by atoms with Gasteiger partial charge in [-0.05, 0) is 54.1 Å². The number of benzene rings is 1. The van der Waals surface area contributed by atoms with Crippen molar-refractivity contribution >= 4 is 40.4 Å². The highest BCUT2D eigenvalue weighted by molar-refractivity contribution is 7.09. The molecule has 6 nitrogen and oxygen atoms in total. The Bertz CT molecular complexity index is 1150. The van der Waals surface area contributed by atoms with E-state index in [2.05, 4.69) is 15.3 Å². The number of aromatic nitrogens is 2. The van der Waals surface area contributed by atoms with Gasteiger partial charge in [0.05, 0.1) is 24.6 Å². The standard InChI is InChI=1S/C24H22ClN3O3S/c1-13-6-15(18-11-27-20(25)12-26-18)7-14(2)22(13)23-19(29)8-16(24(23)31)9-21(30)28-10-17-4-3-5-32-17/h3-7,11-12,16,23H,8-10H2,1-2H3,(H,28,30). The molecule has 1 N–H and O–H groups in total. The minimum Gasteiger partial charge on any atom is -0.351 e. The third kappa shape index (κ3) is 4.64. The lowest BCUT2D eigenvalue weighted by molar-refractivity contribution is -0.128. The fourth-order valence-corrected chi connectivity index (χ4v) is 5.01. The Labute approximate surface area is 195 Å². The predicted octanol–water partition coefficient (Wildman–Crippen LogP) is 4.42. The number of Topliss-reactive ketones (excluding diaryl/α,β-unsaturated/α-hetero) is 2. The zero-order valence-corrected chi connectivity index (χ0v) is 19.3. The maximum absolute atomic E-state index is 13.1. The molecule has 0 spiro atoms. The monoisotopic (exact) mass is 467 g/mol. The van der Waals surface area contributed by atoms with E-state index in [0.29, 0.717) is 17.4 Å². The number of aryl methyl sites for hydroxylation is 2. The van der Waals surface area contributed by atoms with E-state index < -0.39 is 11.8 Å². The highest BCUT2D eigenvalue weighted by Gasteiger charge is 2.43. The van der Waals surface area contributed by atoms with Gasteiger partial charge < -0.3 is 5.32 Å². The number of carbonyl (C=O) groups excluding carboxylic acids is 3. The highest BCUT2D eigenvalue weighted by Crippen LogP contribution is 2.38. The Kier molecular flexibility index (Phi) is 6.48. The van der Waals surface area contributed by atoms with Gasteiger partial charge in [-0.1, -0.05) is 17.7 Å². The normalized spacial score (nSPS) is 18.2. The molecular weight excluding hydrogens is 446 g/mol. The van der Waals surface area contributed by atoms with Gasteiger partial charge in [-0.3, -0.25) is 19.4 Å². The van der Waals surface area contributed by atoms with E-state index in [-0.39, 0.29) is 30.3 Å². The molecule has 0 bridgehead atoms. The highest BCUT2D eigenvalue weighted by atomic mass is 35.5. The first-order chi connectivity index (χ1) is 15.3. The van der Waals surface area contributed by atoms with Crippen molar-refractivity contribution in [3.05, 3.63) is 68.8 Å². The predicted molar refractivity (Wildman–Crippen MR) is 124 cm³/mol. The summed E-state index contributed by atoms with van der Waals surface area (Å²) in [6, 6.07) is 7.67. The first-order valence-electron chi connectivity index (χ1n) is 10.3. The van der Waals surface area contributed by atoms with Crippen LogP contribution in [-0.2, 0) is 20.9 Å². The van der Waals surface area contributed by atoms with Gasteiger partial charge in [0, 0.05) is 29.2 Å². The molecule has 164 valence electrons. The minimum absolute atomic E-state index is 0.0307. The summed E-state index contributed by atoms with van der Waals surface area (Å²) in [5.74, 6) is -1.93. The van der Waals surface area contributed by atoms with Crippen LogP contribution in [0.5, 0.6) is 0 Å². The van der Waals surface area contributed by atoms with Crippen molar-refractivity contribution in [2.75, 3.05) is 0 Å². The molecule has 0 saturated heterocycles. The molecule has 3 aromatic rings. The van der Waals surface area contributed by atoms with Crippen LogP contribution in [-0.4, -0.2) is 27.4 Å². The summed E-state index contributed by atoms with van der Waals surface area (Å²) in [7, 11) is 0. The SMILES string of the molecule is Cc1cc(-c2cnc(Cl)cn2)cc(C)c1C1C(=O)CC(CC(=O)NCc2cccs2)C1=O. The molecule has 1 saturated carbocycles. The van der Waals surface area contributed by atoms with Crippen molar-refractivity contribution in [3.8, 4) is 11.3 Å². The third-order valence-corrected chi connectivity index (χ3v) is 6.80. The van der Waals surface area contributed by atoms with Gasteiger partial charge in [-0.2, -0.15) is 0 Å². The number of hydrogen-bond donors (Lipinski definition) is 1. The maximum Gasteiger partial charge on any atom is 0.221 e. The summed E-state index contributed by atoms with van der Waals surface area (Å²) in [5.41, 5.74) is 3.91. The molecule has 0 aliphatic heterocycles. The average Bonchev–Trinajstić information content (AvgIpc) is 3.36. The van der Waals surface area contributed by atoms with E-state index in [1.807, 2.05) is 43.5 Å². The Morgan fingerprint density at radius 3 is 2.56 bits per heavy atom. The van der Waals surface area contributed by atoms with Gasteiger partial charge in [-0.15, -0.1) is 11.3 Å². The van der Waals surface area contributed by atoms with Crippen LogP contribution in [0.1, 0.15) is 40.3 Å². The Morgan fingerprint density at radius 2 is 1.94 bits per heavy atom. The molecule has 1 aliphatic carbocycles. The molecule has 2 unspecified atom stereocenters. The molecule has 4 rings (SSSR count). The van der Waals surface area contributed by atoms with Crippen molar-refractivity contribution in [3.63, 3.8) is 0 Å². The molecule has 1 aromatic carbocycles. The van der Waals surface area contributed by atoms with Crippen LogP contribution in [0, 0.1) is 19.8 Å². The second-order valence-corrected chi connectivity index (χ2v) is 9.43. The summed E-state index contributed by atoms with van der Waals surface area (Å²) in [6.45, 7) is 4.20. The van der Waals surface area contributed by atoms with Crippen LogP contribution in [0.4, 0.5) is 0 Å². The second-order valence-electron chi connectivity index (χ2n) is 8.01. The molecule has 8 heteroatoms. The summed E-state index contributed by atoms with van der Waals surface area (Å²) < 4.78 is 0. The Hall–Kier alpha value is -2.90. The van der Waals surface area contributed by atoms with Crippen LogP contribution >= 0.6 is 22.9 Å². The van der Waals surface area contributed by atoms with Gasteiger partial charge in [0.15, 0.2) is 5.78 Å². The third-order valence-electron chi connectivity index (χ3n) is 5.73. The van der Waals surface area contributed by atoms with Gasteiger partial charge in [0.1, 0.15) is 16.9 Å². The summed E-state index contributed by atoms with van der Waals surface area (Å²) in [5, 5.41) is 5.10. The number of rotatable bonds is 6. The first-order valence-corrected chi connectivity index (χ1v) is 11.5. The fourth-order valence-electron chi connectivity index (χ4n) is 4.27. The summed E-state index contributed by atoms with van der Waals surface area (Å²) in [6.07, 6.45) is 3.20. The van der Waals surface area contributed by atoms with Crippen molar-refractivity contribution in [2.45, 2.75) is 39.2 Å². The molecule has 1 amide bonds. The number of thiophene rings is 1. The van der Waals surface area contributed by atoms with Crippen LogP contribution in [0.25, 0.3) is 11.3 Å². The average molecular weight is 468 g/mol. The van der Waals surface area contributed by atoms with Gasteiger partial charge in [-0.25, -0.2) is 4.98 Å². The second kappa shape index (κ2) is 9.30. The van der Waals surface area contributed by atoms with Crippen molar-refractivity contribution in [1.82, 2.24) is 15.3 Å². The number of halogens is 1. The maximum atomic E-state index is 13.1. The van der Waals surface area contributed by atoms with Crippen LogP contribution in [0.2, 0.25) is 5.15 Å². The van der Waals surface area contributed by atoms with E-state index >= 15 is 0 Å². The molecular formula is C24H22ClN3O3S. The van der Waals surface area contributed by atoms with Crippen LogP contribution in [0.3, 0.4) is 0 Å². The largest absolute Gasteiger partial charge is 0.351 e. The molecule has 0 radical (unpaired) electrons. The van der Waals surface area contributed by atoms with E-state index in [9.17, 15) is 14.4 Å². The number of amides is 1. The smallest absolute Gasteiger partial charge is 0.221 e. The number of hydrogen-bond acceptors (Lipinski definition) is 6. The lowest BCUT2D eigenvalue weighted by Gasteiger charge is -2.17. The van der Waals surface area contributed by atoms with Gasteiger partial charge in [0.2, 0.25) is 5.91 Å². The van der Waals surface area contributed by atoms with Crippen LogP contribution in [0.15, 0.2) is 42.0 Å². The number of ketones is 2. The number of carbonyl (C=O) groups is 3. The topological polar surface area (TPSA) is 89.0 Å².